The van der Waals surface area contributed by atoms with Gasteiger partial charge in [-0.3, -0.25) is 0 Å². The number of thioether (sulfide) groups is 1. The fraction of sp³-hybridized carbons (Fsp3) is 0.412. The lowest BCUT2D eigenvalue weighted by atomic mass is 10.1. The van der Waals surface area contributed by atoms with Crippen molar-refractivity contribution in [3.63, 3.8) is 0 Å². The van der Waals surface area contributed by atoms with Crippen molar-refractivity contribution in [2.75, 3.05) is 18.6 Å². The number of para-hydroxylation sites is 1. The van der Waals surface area contributed by atoms with Gasteiger partial charge >= 0.3 is 0 Å². The first-order chi connectivity index (χ1) is 13.5. The van der Waals surface area contributed by atoms with Crippen LogP contribution in [0.15, 0.2) is 38.4 Å². The Balaban J connectivity index is 1.36. The van der Waals surface area contributed by atoms with Gasteiger partial charge in [0.05, 0.1) is 29.9 Å². The van der Waals surface area contributed by atoms with Crippen molar-refractivity contribution < 1.29 is 22.1 Å². The topological polar surface area (TPSA) is 121 Å². The Morgan fingerprint density at radius 2 is 2.11 bits per heavy atom. The fourth-order valence-corrected chi connectivity index (χ4v) is 5.51. The molecule has 9 nitrogen and oxygen atoms in total. The molecule has 1 atom stereocenters. The molecule has 4 rings (SSSR count). The van der Waals surface area contributed by atoms with Gasteiger partial charge in [0.15, 0.2) is 9.84 Å². The van der Waals surface area contributed by atoms with E-state index in [1.807, 2.05) is 24.3 Å². The highest BCUT2D eigenvalue weighted by molar-refractivity contribution is 7.98. The molecular formula is C17H18N4O5S2. The third-order valence-corrected chi connectivity index (χ3v) is 7.01. The Kier molecular flexibility index (Phi) is 5.36. The number of methoxy groups -OCH3 is 1. The fourth-order valence-electron chi connectivity index (χ4n) is 3.03. The summed E-state index contributed by atoms with van der Waals surface area (Å²) in [7, 11) is -1.33. The Hall–Kier alpha value is -2.40. The number of sulfone groups is 1. The standard InChI is InChI=1S/C17H18N4O5S2/c1-24-13-5-3-2-4-12(13)16-18-15(26-21-16)9-27-17-20-19-14(25-17)8-11-6-7-28(22,23)10-11/h2-5,11H,6-10H2,1H3. The summed E-state index contributed by atoms with van der Waals surface area (Å²) < 4.78 is 39.3. The quantitative estimate of drug-likeness (QED) is 0.525. The number of rotatable bonds is 7. The third kappa shape index (κ3) is 4.36. The summed E-state index contributed by atoms with van der Waals surface area (Å²) in [6.45, 7) is 0. The molecule has 2 aromatic heterocycles. The van der Waals surface area contributed by atoms with Gasteiger partial charge in [-0.1, -0.05) is 29.1 Å². The molecule has 3 heterocycles. The average Bonchev–Trinajstić information content (AvgIpc) is 3.40. The summed E-state index contributed by atoms with van der Waals surface area (Å²) in [5.41, 5.74) is 0.747. The van der Waals surface area contributed by atoms with Gasteiger partial charge in [0.25, 0.3) is 5.22 Å². The summed E-state index contributed by atoms with van der Waals surface area (Å²) in [5.74, 6) is 2.83. The van der Waals surface area contributed by atoms with Crippen LogP contribution in [-0.2, 0) is 22.0 Å². The van der Waals surface area contributed by atoms with Gasteiger partial charge in [-0.25, -0.2) is 8.42 Å². The van der Waals surface area contributed by atoms with Gasteiger partial charge in [-0.15, -0.1) is 10.2 Å². The maximum absolute atomic E-state index is 11.5. The molecule has 1 aromatic carbocycles. The number of hydrogen-bond donors (Lipinski definition) is 0. The minimum absolute atomic E-state index is 0.0441. The van der Waals surface area contributed by atoms with Crippen LogP contribution in [0, 0.1) is 5.92 Å². The van der Waals surface area contributed by atoms with Crippen LogP contribution in [0.25, 0.3) is 11.4 Å². The van der Waals surface area contributed by atoms with Crippen LogP contribution in [-0.4, -0.2) is 47.4 Å². The molecule has 0 radical (unpaired) electrons. The average molecular weight is 422 g/mol. The van der Waals surface area contributed by atoms with Crippen molar-refractivity contribution >= 4 is 21.6 Å². The predicted molar refractivity (Wildman–Crippen MR) is 101 cm³/mol. The lowest BCUT2D eigenvalue weighted by molar-refractivity contribution is 0.383. The number of hydrogen-bond acceptors (Lipinski definition) is 10. The van der Waals surface area contributed by atoms with Gasteiger partial charge in [-0.2, -0.15) is 4.98 Å². The van der Waals surface area contributed by atoms with E-state index in [4.69, 9.17) is 13.7 Å². The zero-order valence-electron chi connectivity index (χ0n) is 15.1. The summed E-state index contributed by atoms with van der Waals surface area (Å²) in [6.07, 6.45) is 1.12. The normalized spacial score (nSPS) is 18.4. The van der Waals surface area contributed by atoms with Crippen molar-refractivity contribution in [1.82, 2.24) is 20.3 Å². The highest BCUT2D eigenvalue weighted by atomic mass is 32.2. The van der Waals surface area contributed by atoms with Crippen LogP contribution in [0.3, 0.4) is 0 Å². The molecule has 1 saturated heterocycles. The zero-order chi connectivity index (χ0) is 19.6. The van der Waals surface area contributed by atoms with E-state index >= 15 is 0 Å². The second kappa shape index (κ2) is 7.92. The van der Waals surface area contributed by atoms with E-state index in [0.29, 0.717) is 47.2 Å². The Labute approximate surface area is 165 Å². The van der Waals surface area contributed by atoms with Crippen LogP contribution >= 0.6 is 11.8 Å². The monoisotopic (exact) mass is 422 g/mol. The maximum Gasteiger partial charge on any atom is 0.277 e. The Morgan fingerprint density at radius 3 is 2.89 bits per heavy atom. The molecule has 148 valence electrons. The molecule has 11 heteroatoms. The summed E-state index contributed by atoms with van der Waals surface area (Å²) in [6, 6.07) is 7.43. The van der Waals surface area contributed by atoms with Crippen molar-refractivity contribution in [2.45, 2.75) is 23.8 Å². The van der Waals surface area contributed by atoms with E-state index in [-0.39, 0.29) is 17.4 Å². The zero-order valence-corrected chi connectivity index (χ0v) is 16.7. The first kappa shape index (κ1) is 18.9. The van der Waals surface area contributed by atoms with Crippen LogP contribution in [0.5, 0.6) is 5.75 Å². The minimum Gasteiger partial charge on any atom is -0.496 e. The SMILES string of the molecule is COc1ccccc1-c1noc(CSc2nnc(CC3CCS(=O)(=O)C3)o2)n1. The molecule has 1 aliphatic heterocycles. The Morgan fingerprint density at radius 1 is 1.25 bits per heavy atom. The number of benzene rings is 1. The molecule has 1 unspecified atom stereocenters. The van der Waals surface area contributed by atoms with Gasteiger partial charge in [0.2, 0.25) is 17.6 Å². The lowest BCUT2D eigenvalue weighted by Crippen LogP contribution is -2.07. The second-order valence-corrected chi connectivity index (χ2v) is 9.59. The van der Waals surface area contributed by atoms with Crippen LogP contribution in [0.4, 0.5) is 0 Å². The molecule has 0 saturated carbocycles. The Bertz CT molecular complexity index is 1060. The minimum atomic E-state index is -2.91. The first-order valence-electron chi connectivity index (χ1n) is 8.64. The molecule has 1 fully saturated rings. The van der Waals surface area contributed by atoms with Crippen LogP contribution < -0.4 is 4.74 Å². The van der Waals surface area contributed by atoms with Crippen LogP contribution in [0.1, 0.15) is 18.2 Å². The molecule has 0 amide bonds. The molecule has 1 aliphatic rings. The summed E-state index contributed by atoms with van der Waals surface area (Å²) >= 11 is 1.28. The van der Waals surface area contributed by atoms with Crippen LogP contribution in [0.2, 0.25) is 0 Å². The van der Waals surface area contributed by atoms with E-state index in [0.717, 1.165) is 5.56 Å². The summed E-state index contributed by atoms with van der Waals surface area (Å²) in [5, 5.41) is 12.4. The molecular weight excluding hydrogens is 404 g/mol. The molecule has 3 aromatic rings. The number of ether oxygens (including phenoxy) is 1. The summed E-state index contributed by atoms with van der Waals surface area (Å²) in [4.78, 5) is 4.37. The van der Waals surface area contributed by atoms with Gasteiger partial charge in [0, 0.05) is 6.42 Å². The highest BCUT2D eigenvalue weighted by Crippen LogP contribution is 2.29. The van der Waals surface area contributed by atoms with Crippen molar-refractivity contribution in [2.24, 2.45) is 5.92 Å². The van der Waals surface area contributed by atoms with E-state index < -0.39 is 9.84 Å². The van der Waals surface area contributed by atoms with Crippen molar-refractivity contribution in [1.29, 1.82) is 0 Å². The van der Waals surface area contributed by atoms with E-state index in [9.17, 15) is 8.42 Å². The van der Waals surface area contributed by atoms with E-state index in [1.54, 1.807) is 7.11 Å². The number of aromatic nitrogens is 4. The lowest BCUT2D eigenvalue weighted by Gasteiger charge is -2.02. The van der Waals surface area contributed by atoms with Gasteiger partial charge < -0.3 is 13.7 Å². The maximum atomic E-state index is 11.5. The third-order valence-electron chi connectivity index (χ3n) is 4.37. The largest absolute Gasteiger partial charge is 0.496 e. The smallest absolute Gasteiger partial charge is 0.277 e. The second-order valence-electron chi connectivity index (χ2n) is 6.44. The van der Waals surface area contributed by atoms with Crippen molar-refractivity contribution in [3.8, 4) is 17.1 Å². The molecule has 0 aliphatic carbocycles. The molecule has 28 heavy (non-hydrogen) atoms. The van der Waals surface area contributed by atoms with Crippen molar-refractivity contribution in [3.05, 3.63) is 36.0 Å². The van der Waals surface area contributed by atoms with Gasteiger partial charge in [0.1, 0.15) is 5.75 Å². The molecule has 0 spiro atoms. The van der Waals surface area contributed by atoms with E-state index in [1.165, 1.54) is 11.8 Å². The molecule has 0 bridgehead atoms. The molecule has 0 N–H and O–H groups in total. The number of nitrogens with zero attached hydrogens (tertiary/aromatic N) is 4. The van der Waals surface area contributed by atoms with Gasteiger partial charge in [-0.05, 0) is 24.5 Å². The highest BCUT2D eigenvalue weighted by Gasteiger charge is 2.29. The van der Waals surface area contributed by atoms with E-state index in [2.05, 4.69) is 20.3 Å². The first-order valence-corrected chi connectivity index (χ1v) is 11.4. The predicted octanol–water partition coefficient (Wildman–Crippen LogP) is 2.40.